The van der Waals surface area contributed by atoms with E-state index >= 15 is 0 Å². The molecule has 0 aliphatic carbocycles. The van der Waals surface area contributed by atoms with Crippen LogP contribution >= 0.6 is 0 Å². The number of nitrogen functional groups attached to an aromatic ring is 2. The normalized spacial score (nSPS) is 12.1. The average molecular weight is 756 g/mol. The first-order valence-corrected chi connectivity index (χ1v) is 9.06. The quantitative estimate of drug-likeness (QED) is 0.157. The average Bonchev–Trinajstić information content (AvgIpc) is 2.77. The number of carboxylic acids is 4. The molecule has 0 spiro atoms. The number of rotatable bonds is 6. The van der Waals surface area contributed by atoms with Gasteiger partial charge in [-0.3, -0.25) is 0 Å². The van der Waals surface area contributed by atoms with Crippen molar-refractivity contribution >= 4 is 84.1 Å². The van der Waals surface area contributed by atoms with Gasteiger partial charge in [0, 0.05) is 47.4 Å². The number of benzene rings is 2. The van der Waals surface area contributed by atoms with E-state index in [0.29, 0.717) is 11.4 Å². The fourth-order valence-electron chi connectivity index (χ4n) is 1.54. The van der Waals surface area contributed by atoms with Crippen molar-refractivity contribution in [3.8, 4) is 11.5 Å². The number of anilines is 2. The van der Waals surface area contributed by atoms with E-state index in [0.717, 1.165) is 0 Å². The van der Waals surface area contributed by atoms with Crippen LogP contribution in [0.3, 0.4) is 0 Å². The summed E-state index contributed by atoms with van der Waals surface area (Å²) in [5, 5.41) is 95.5. The summed E-state index contributed by atoms with van der Waals surface area (Å²) in [6.07, 6.45) is -11.2. The third-order valence-electron chi connectivity index (χ3n) is 3.22. The van der Waals surface area contributed by atoms with Gasteiger partial charge >= 0.3 is 51.7 Å². The monoisotopic (exact) mass is 754 g/mol. The summed E-state index contributed by atoms with van der Waals surface area (Å²) < 4.78 is 0. The molecule has 2 aromatic rings. The number of hydrogen-bond donors (Lipinski definition) is 4. The van der Waals surface area contributed by atoms with Crippen molar-refractivity contribution in [2.24, 2.45) is 0 Å². The Hall–Kier alpha value is -3.00. The van der Waals surface area contributed by atoms with Crippen LogP contribution in [0.25, 0.3) is 0 Å². The summed E-state index contributed by atoms with van der Waals surface area (Å²) >= 11 is 0. The number of carboxylic acid groups (broad SMARTS) is 4. The van der Waals surface area contributed by atoms with Crippen LogP contribution in [0, 0.1) is 0 Å². The molecular formula is C20H20N2O14Sb2. The van der Waals surface area contributed by atoms with E-state index < -0.39 is 48.3 Å². The number of hydrogen-bond acceptors (Lipinski definition) is 16. The van der Waals surface area contributed by atoms with Crippen molar-refractivity contribution in [2.75, 3.05) is 11.5 Å². The second-order valence-corrected chi connectivity index (χ2v) is 6.15. The van der Waals surface area contributed by atoms with Gasteiger partial charge in [0.1, 0.15) is 11.5 Å². The summed E-state index contributed by atoms with van der Waals surface area (Å²) in [6.45, 7) is 0. The SMILES string of the molecule is Nc1cccc(O)c1.Nc1cccc(O)c1.O=C([O-])C([O-])C([O-])C(=O)[O-].O=C([O-])C([O-])C([O-])C(=O)[O-].[H+].[H+].[Sb+3].[Sb+3]. The minimum absolute atomic E-state index is 0. The van der Waals surface area contributed by atoms with E-state index in [2.05, 4.69) is 0 Å². The Bertz CT molecular complexity index is 873. The van der Waals surface area contributed by atoms with Gasteiger partial charge in [-0.1, -0.05) is 36.5 Å². The Balaban J connectivity index is -0.0000000935. The van der Waals surface area contributed by atoms with Gasteiger partial charge in [-0.2, -0.15) is 0 Å². The smallest absolute Gasteiger partial charge is 0.848 e. The predicted octanol–water partition coefficient (Wildman–Crippen LogP) is -10.7. The number of carbonyl (C=O) groups excluding carboxylic acids is 4. The standard InChI is InChI=1S/2C6H7NO.2C4H4O6.2Sb/c2*7-5-2-1-3-6(8)4-5;2*5-1(3(7)8)2(6)4(9)10;;/h2*1-4,8H,7H2;2*1-2H,(H,7,8)(H,9,10);;/q;;2*-2;2*+3/p-2. The third kappa shape index (κ3) is 20.1. The Morgan fingerprint density at radius 1 is 0.579 bits per heavy atom. The van der Waals surface area contributed by atoms with Gasteiger partial charge in [0.25, 0.3) is 0 Å². The molecule has 0 bridgehead atoms. The minimum atomic E-state index is -2.80. The molecule has 0 heterocycles. The van der Waals surface area contributed by atoms with E-state index in [-0.39, 0.29) is 63.2 Å². The fraction of sp³-hybridized carbons (Fsp3) is 0.200. The third-order valence-corrected chi connectivity index (χ3v) is 3.22. The molecule has 2 rings (SSSR count). The van der Waals surface area contributed by atoms with Crippen LogP contribution in [0.4, 0.5) is 11.4 Å². The first kappa shape index (κ1) is 42.1. The first-order chi connectivity index (χ1) is 16.5. The molecule has 0 aromatic heterocycles. The van der Waals surface area contributed by atoms with E-state index in [1.165, 1.54) is 12.1 Å². The largest absolute Gasteiger partial charge is 3.00 e. The van der Waals surface area contributed by atoms with Gasteiger partial charge < -0.3 is 81.7 Å². The molecule has 0 saturated heterocycles. The maximum Gasteiger partial charge on any atom is 3.00 e. The summed E-state index contributed by atoms with van der Waals surface area (Å²) in [5.74, 6) is -8.50. The Morgan fingerprint density at radius 3 is 0.895 bits per heavy atom. The van der Waals surface area contributed by atoms with E-state index in [1.807, 2.05) is 0 Å². The minimum Gasteiger partial charge on any atom is -0.848 e. The molecule has 0 aliphatic rings. The van der Waals surface area contributed by atoms with Crippen LogP contribution in [0.5, 0.6) is 11.5 Å². The number of nitrogens with two attached hydrogens (primary N) is 2. The predicted molar refractivity (Wildman–Crippen MR) is 114 cm³/mol. The van der Waals surface area contributed by atoms with Crippen LogP contribution in [0.2, 0.25) is 0 Å². The van der Waals surface area contributed by atoms with E-state index in [9.17, 15) is 60.0 Å². The first-order valence-electron chi connectivity index (χ1n) is 9.06. The molecule has 6 N–H and O–H groups in total. The molecule has 16 nitrogen and oxygen atoms in total. The molecule has 4 radical (unpaired) electrons. The van der Waals surface area contributed by atoms with E-state index in [4.69, 9.17) is 21.7 Å². The maximum atomic E-state index is 9.97. The second kappa shape index (κ2) is 22.0. The number of carbonyl (C=O) groups is 4. The topological polar surface area (TPSA) is 345 Å². The second-order valence-electron chi connectivity index (χ2n) is 6.15. The van der Waals surface area contributed by atoms with Crippen molar-refractivity contribution in [2.45, 2.75) is 24.4 Å². The zero-order chi connectivity index (χ0) is 28.6. The van der Waals surface area contributed by atoms with Gasteiger partial charge in [0.05, 0.1) is 0 Å². The number of aliphatic carboxylic acids is 4. The number of aromatic hydroxyl groups is 2. The van der Waals surface area contributed by atoms with Gasteiger partial charge in [-0.05, 0) is 24.3 Å². The van der Waals surface area contributed by atoms with Crippen LogP contribution in [0.15, 0.2) is 48.5 Å². The number of phenols is 2. The van der Waals surface area contributed by atoms with Crippen LogP contribution in [0.1, 0.15) is 2.85 Å². The van der Waals surface area contributed by atoms with E-state index in [1.54, 1.807) is 36.4 Å². The summed E-state index contributed by atoms with van der Waals surface area (Å²) in [4.78, 5) is 38.1. The molecule has 4 unspecified atom stereocenters. The van der Waals surface area contributed by atoms with Gasteiger partial charge in [-0.15, -0.1) is 0 Å². The van der Waals surface area contributed by atoms with Crippen molar-refractivity contribution in [3.05, 3.63) is 48.5 Å². The molecule has 0 aliphatic heterocycles. The van der Waals surface area contributed by atoms with Crippen LogP contribution < -0.4 is 52.3 Å². The van der Waals surface area contributed by atoms with Crippen molar-refractivity contribution in [3.63, 3.8) is 0 Å². The maximum absolute atomic E-state index is 9.97. The van der Waals surface area contributed by atoms with Crippen molar-refractivity contribution < 1.29 is 73.1 Å². The Kier molecular flexibility index (Phi) is 24.4. The molecule has 204 valence electrons. The molecule has 38 heavy (non-hydrogen) atoms. The molecule has 0 amide bonds. The zero-order valence-electron chi connectivity index (χ0n) is 20.8. The molecule has 2 aromatic carbocycles. The van der Waals surface area contributed by atoms with Gasteiger partial charge in [0.2, 0.25) is 0 Å². The van der Waals surface area contributed by atoms with Crippen molar-refractivity contribution in [1.29, 1.82) is 0 Å². The Labute approximate surface area is 252 Å². The Morgan fingerprint density at radius 2 is 0.789 bits per heavy atom. The number of phenolic OH excluding ortho intramolecular Hbond substituents is 2. The molecule has 18 heteroatoms. The van der Waals surface area contributed by atoms with Crippen LogP contribution in [-0.2, 0) is 19.2 Å². The summed E-state index contributed by atoms with van der Waals surface area (Å²) in [7, 11) is 0. The molecule has 4 atom stereocenters. The molecular weight excluding hydrogens is 736 g/mol. The molecule has 0 fully saturated rings. The summed E-state index contributed by atoms with van der Waals surface area (Å²) in [6, 6.07) is 13.0. The van der Waals surface area contributed by atoms with Crippen LogP contribution in [-0.4, -0.2) is 107 Å². The van der Waals surface area contributed by atoms with Gasteiger partial charge in [0.15, 0.2) is 0 Å². The van der Waals surface area contributed by atoms with Gasteiger partial charge in [-0.25, -0.2) is 0 Å². The van der Waals surface area contributed by atoms with Crippen molar-refractivity contribution in [1.82, 2.24) is 0 Å². The fourth-order valence-corrected chi connectivity index (χ4v) is 1.54. The molecule has 0 saturated carbocycles. The zero-order valence-corrected chi connectivity index (χ0v) is 23.9. The summed E-state index contributed by atoms with van der Waals surface area (Å²) in [5.41, 5.74) is 11.8.